The average Bonchev–Trinajstić information content (AvgIpc) is 3.14. The fourth-order valence-electron chi connectivity index (χ4n) is 3.06. The van der Waals surface area contributed by atoms with Crippen molar-refractivity contribution in [1.29, 1.82) is 0 Å². The van der Waals surface area contributed by atoms with Crippen molar-refractivity contribution in [2.24, 2.45) is 0 Å². The zero-order valence-electron chi connectivity index (χ0n) is 14.4. The predicted octanol–water partition coefficient (Wildman–Crippen LogP) is 1.61. The molecule has 1 aromatic rings. The van der Waals surface area contributed by atoms with E-state index < -0.39 is 10.0 Å². The molecule has 0 aromatic heterocycles. The van der Waals surface area contributed by atoms with Gasteiger partial charge in [-0.3, -0.25) is 4.79 Å². The maximum Gasteiger partial charge on any atom is 0.247 e. The average molecular weight is 364 g/mol. The minimum atomic E-state index is -3.52. The minimum Gasteiger partial charge on any atom is -0.376 e. The van der Waals surface area contributed by atoms with E-state index in [1.54, 1.807) is 30.3 Å². The summed E-state index contributed by atoms with van der Waals surface area (Å²) in [6.45, 7) is 3.73. The number of benzene rings is 1. The van der Waals surface area contributed by atoms with Crippen molar-refractivity contribution in [1.82, 2.24) is 9.62 Å². The summed E-state index contributed by atoms with van der Waals surface area (Å²) in [5.74, 6) is -0.122. The number of nitrogens with one attached hydrogen (secondary N) is 1. The predicted molar refractivity (Wildman–Crippen MR) is 94.6 cm³/mol. The summed E-state index contributed by atoms with van der Waals surface area (Å²) in [4.78, 5) is 12.5. The highest BCUT2D eigenvalue weighted by Crippen LogP contribution is 2.21. The summed E-state index contributed by atoms with van der Waals surface area (Å²) >= 11 is 0. The normalized spacial score (nSPS) is 21.8. The third-order valence-electron chi connectivity index (χ3n) is 4.64. The van der Waals surface area contributed by atoms with Gasteiger partial charge in [-0.1, -0.05) is 23.8 Å². The summed E-state index contributed by atoms with van der Waals surface area (Å²) in [5, 5.41) is 2.89. The quantitative estimate of drug-likeness (QED) is 0.861. The van der Waals surface area contributed by atoms with E-state index in [2.05, 4.69) is 5.32 Å². The number of sulfonamides is 1. The second-order valence-corrected chi connectivity index (χ2v) is 8.44. The standard InChI is InChI=1S/C18H24N2O4S/c1-14-4-6-17(7-5-14)25(22,23)20-10-8-15(9-11-20)18(21)19-13-16-3-2-12-24-16/h4-8,16H,2-3,9-13H2,1H3,(H,19,21)/t16-/m0/s1. The molecule has 136 valence electrons. The molecule has 1 amide bonds. The maximum atomic E-state index is 12.7. The van der Waals surface area contributed by atoms with Crippen LogP contribution in [0.2, 0.25) is 0 Å². The van der Waals surface area contributed by atoms with Gasteiger partial charge in [0.2, 0.25) is 15.9 Å². The molecule has 1 aromatic carbocycles. The Morgan fingerprint density at radius 3 is 2.68 bits per heavy atom. The topological polar surface area (TPSA) is 75.7 Å². The highest BCUT2D eigenvalue weighted by Gasteiger charge is 2.27. The van der Waals surface area contributed by atoms with Gasteiger partial charge in [-0.25, -0.2) is 8.42 Å². The van der Waals surface area contributed by atoms with Crippen LogP contribution in [0.15, 0.2) is 40.8 Å². The fraction of sp³-hybridized carbons (Fsp3) is 0.500. The molecular weight excluding hydrogens is 340 g/mol. The number of hydrogen-bond acceptors (Lipinski definition) is 4. The molecule has 2 heterocycles. The van der Waals surface area contributed by atoms with Crippen LogP contribution in [0.4, 0.5) is 0 Å². The molecule has 1 saturated heterocycles. The Morgan fingerprint density at radius 2 is 2.08 bits per heavy atom. The van der Waals surface area contributed by atoms with Crippen molar-refractivity contribution in [3.05, 3.63) is 41.5 Å². The molecule has 2 aliphatic rings. The molecule has 1 atom stereocenters. The van der Waals surface area contributed by atoms with Gasteiger partial charge in [0.15, 0.2) is 0 Å². The molecule has 0 aliphatic carbocycles. The second-order valence-electron chi connectivity index (χ2n) is 6.50. The Hall–Kier alpha value is -1.70. The molecule has 1 fully saturated rings. The molecular formula is C18H24N2O4S. The second kappa shape index (κ2) is 7.68. The Balaban J connectivity index is 1.59. The van der Waals surface area contributed by atoms with Crippen LogP contribution in [0, 0.1) is 6.92 Å². The van der Waals surface area contributed by atoms with Gasteiger partial charge < -0.3 is 10.1 Å². The lowest BCUT2D eigenvalue weighted by molar-refractivity contribution is -0.118. The monoisotopic (exact) mass is 364 g/mol. The van der Waals surface area contributed by atoms with Gasteiger partial charge in [0.25, 0.3) is 0 Å². The van der Waals surface area contributed by atoms with Gasteiger partial charge in [-0.05, 0) is 38.3 Å². The highest BCUT2D eigenvalue weighted by atomic mass is 32.2. The smallest absolute Gasteiger partial charge is 0.247 e. The van der Waals surface area contributed by atoms with E-state index in [1.165, 1.54) is 4.31 Å². The summed E-state index contributed by atoms with van der Waals surface area (Å²) < 4.78 is 32.2. The third-order valence-corrected chi connectivity index (χ3v) is 6.52. The van der Waals surface area contributed by atoms with Crippen LogP contribution >= 0.6 is 0 Å². The van der Waals surface area contributed by atoms with E-state index in [-0.39, 0.29) is 23.5 Å². The van der Waals surface area contributed by atoms with Gasteiger partial charge in [0, 0.05) is 31.8 Å². The number of aryl methyl sites for hydroxylation is 1. The highest BCUT2D eigenvalue weighted by molar-refractivity contribution is 7.89. The summed E-state index contributed by atoms with van der Waals surface area (Å²) in [6.07, 6.45) is 4.24. The number of carbonyl (C=O) groups excluding carboxylic acids is 1. The van der Waals surface area contributed by atoms with Gasteiger partial charge in [-0.2, -0.15) is 4.31 Å². The lowest BCUT2D eigenvalue weighted by Crippen LogP contribution is -2.39. The van der Waals surface area contributed by atoms with Crippen LogP contribution in [-0.2, 0) is 19.6 Å². The SMILES string of the molecule is Cc1ccc(S(=O)(=O)N2CC=C(C(=O)NC[C@@H]3CCCO3)CC2)cc1. The van der Waals surface area contributed by atoms with Gasteiger partial charge in [-0.15, -0.1) is 0 Å². The lowest BCUT2D eigenvalue weighted by Gasteiger charge is -2.25. The number of hydrogen-bond donors (Lipinski definition) is 1. The van der Waals surface area contributed by atoms with Crippen molar-refractivity contribution in [3.8, 4) is 0 Å². The first-order valence-electron chi connectivity index (χ1n) is 8.62. The number of nitrogens with zero attached hydrogens (tertiary/aromatic N) is 1. The molecule has 0 saturated carbocycles. The van der Waals surface area contributed by atoms with Crippen molar-refractivity contribution in [3.63, 3.8) is 0 Å². The molecule has 3 rings (SSSR count). The number of amides is 1. The van der Waals surface area contributed by atoms with E-state index in [9.17, 15) is 13.2 Å². The zero-order valence-corrected chi connectivity index (χ0v) is 15.2. The van der Waals surface area contributed by atoms with Gasteiger partial charge >= 0.3 is 0 Å². The zero-order chi connectivity index (χ0) is 17.9. The number of carbonyl (C=O) groups is 1. The van der Waals surface area contributed by atoms with Crippen molar-refractivity contribution >= 4 is 15.9 Å². The molecule has 1 N–H and O–H groups in total. The van der Waals surface area contributed by atoms with E-state index in [1.807, 2.05) is 6.92 Å². The molecule has 0 unspecified atom stereocenters. The first-order valence-corrected chi connectivity index (χ1v) is 10.1. The summed E-state index contributed by atoms with van der Waals surface area (Å²) in [5.41, 5.74) is 1.66. The van der Waals surface area contributed by atoms with Crippen LogP contribution in [0.3, 0.4) is 0 Å². The van der Waals surface area contributed by atoms with Crippen LogP contribution in [0.25, 0.3) is 0 Å². The molecule has 6 nitrogen and oxygen atoms in total. The van der Waals surface area contributed by atoms with Crippen molar-refractivity contribution in [2.45, 2.75) is 37.2 Å². The van der Waals surface area contributed by atoms with E-state index >= 15 is 0 Å². The Morgan fingerprint density at radius 1 is 1.32 bits per heavy atom. The largest absolute Gasteiger partial charge is 0.376 e. The van der Waals surface area contributed by atoms with Crippen molar-refractivity contribution < 1.29 is 17.9 Å². The van der Waals surface area contributed by atoms with Crippen LogP contribution < -0.4 is 5.32 Å². The van der Waals surface area contributed by atoms with Gasteiger partial charge in [0.1, 0.15) is 0 Å². The van der Waals surface area contributed by atoms with Crippen molar-refractivity contribution in [2.75, 3.05) is 26.2 Å². The molecule has 0 radical (unpaired) electrons. The maximum absolute atomic E-state index is 12.7. The number of ether oxygens (including phenoxy) is 1. The van der Waals surface area contributed by atoms with E-state index in [0.717, 1.165) is 25.0 Å². The number of rotatable bonds is 5. The van der Waals surface area contributed by atoms with Crippen LogP contribution in [-0.4, -0.2) is 51.0 Å². The lowest BCUT2D eigenvalue weighted by atomic mass is 10.1. The van der Waals surface area contributed by atoms with Crippen LogP contribution in [0.5, 0.6) is 0 Å². The minimum absolute atomic E-state index is 0.103. The van der Waals surface area contributed by atoms with Crippen LogP contribution in [0.1, 0.15) is 24.8 Å². The summed E-state index contributed by atoms with van der Waals surface area (Å²) in [7, 11) is -3.52. The third kappa shape index (κ3) is 4.29. The molecule has 25 heavy (non-hydrogen) atoms. The molecule has 2 aliphatic heterocycles. The van der Waals surface area contributed by atoms with E-state index in [0.29, 0.717) is 25.1 Å². The molecule has 0 spiro atoms. The van der Waals surface area contributed by atoms with E-state index in [4.69, 9.17) is 4.74 Å². The first-order chi connectivity index (χ1) is 12.0. The van der Waals surface area contributed by atoms with Gasteiger partial charge in [0.05, 0.1) is 11.0 Å². The Bertz CT molecular complexity index is 750. The summed E-state index contributed by atoms with van der Waals surface area (Å²) in [6, 6.07) is 6.82. The Labute approximate surface area is 148 Å². The first kappa shape index (κ1) is 18.1. The molecule has 7 heteroatoms. The molecule has 0 bridgehead atoms. The fourth-order valence-corrected chi connectivity index (χ4v) is 4.44. The Kier molecular flexibility index (Phi) is 5.56.